The third-order valence-electron chi connectivity index (χ3n) is 3.17. The van der Waals surface area contributed by atoms with E-state index in [1.807, 2.05) is 0 Å². The van der Waals surface area contributed by atoms with Gasteiger partial charge in [-0.3, -0.25) is 14.9 Å². The van der Waals surface area contributed by atoms with E-state index in [0.29, 0.717) is 4.47 Å². The second-order valence-corrected chi connectivity index (χ2v) is 5.72. The summed E-state index contributed by atoms with van der Waals surface area (Å²) >= 11 is 3.13. The number of carboxylic acids is 1. The Kier molecular flexibility index (Phi) is 5.71. The average Bonchev–Trinajstić information content (AvgIpc) is 2.56. The summed E-state index contributed by atoms with van der Waals surface area (Å²) in [5.41, 5.74) is -0.569. The Morgan fingerprint density at radius 2 is 1.96 bits per heavy atom. The van der Waals surface area contributed by atoms with Gasteiger partial charge < -0.3 is 20.0 Å². The highest BCUT2D eigenvalue weighted by atomic mass is 79.9. The third-order valence-corrected chi connectivity index (χ3v) is 3.66. The zero-order chi connectivity index (χ0) is 18.6. The zero-order valence-corrected chi connectivity index (χ0v) is 14.5. The largest absolute Gasteiger partial charge is 0.545 e. The number of nitrogens with zero attached hydrogens (tertiary/aromatic N) is 1. The van der Waals surface area contributed by atoms with E-state index in [9.17, 15) is 24.8 Å². The molecule has 0 aromatic heterocycles. The summed E-state index contributed by atoms with van der Waals surface area (Å²) < 4.78 is 5.65. The topological polar surface area (TPSA) is 122 Å². The van der Waals surface area contributed by atoms with Gasteiger partial charge in [-0.15, -0.1) is 0 Å². The molecule has 0 atom stereocenters. The van der Waals surface area contributed by atoms with E-state index in [1.165, 1.54) is 24.3 Å². The second-order valence-electron chi connectivity index (χ2n) is 4.80. The maximum absolute atomic E-state index is 12.3. The van der Waals surface area contributed by atoms with Crippen LogP contribution < -0.4 is 15.2 Å². The summed E-state index contributed by atoms with van der Waals surface area (Å²) in [5.74, 6) is -2.12. The van der Waals surface area contributed by atoms with Gasteiger partial charge in [0.1, 0.15) is 0 Å². The predicted molar refractivity (Wildman–Crippen MR) is 90.7 cm³/mol. The number of nitrogens with one attached hydrogen (secondary N) is 1. The maximum Gasteiger partial charge on any atom is 0.311 e. The van der Waals surface area contributed by atoms with E-state index < -0.39 is 16.8 Å². The van der Waals surface area contributed by atoms with E-state index in [4.69, 9.17) is 4.74 Å². The summed E-state index contributed by atoms with van der Waals surface area (Å²) in [4.78, 5) is 33.9. The number of carbonyl (C=O) groups excluding carboxylic acids is 2. The predicted octanol–water partition coefficient (Wildman–Crippen LogP) is 2.37. The van der Waals surface area contributed by atoms with Crippen LogP contribution >= 0.6 is 15.9 Å². The van der Waals surface area contributed by atoms with Crippen molar-refractivity contribution in [3.05, 3.63) is 62.1 Å². The molecule has 0 aliphatic carbocycles. The van der Waals surface area contributed by atoms with E-state index in [1.54, 1.807) is 13.0 Å². The van der Waals surface area contributed by atoms with Crippen molar-refractivity contribution < 1.29 is 24.4 Å². The van der Waals surface area contributed by atoms with Crippen molar-refractivity contribution in [2.75, 3.05) is 11.9 Å². The van der Waals surface area contributed by atoms with Gasteiger partial charge in [-0.05, 0) is 37.3 Å². The number of benzene rings is 2. The first-order valence-corrected chi connectivity index (χ1v) is 7.86. The number of hydrogen-bond acceptors (Lipinski definition) is 6. The monoisotopic (exact) mass is 407 g/mol. The van der Waals surface area contributed by atoms with Gasteiger partial charge in [-0.2, -0.15) is 0 Å². The molecule has 2 aromatic rings. The molecule has 8 nitrogen and oxygen atoms in total. The molecule has 2 aromatic carbocycles. The number of hydrogen-bond donors (Lipinski definition) is 1. The quantitative estimate of drug-likeness (QED) is 0.579. The van der Waals surface area contributed by atoms with Crippen molar-refractivity contribution in [3.8, 4) is 5.75 Å². The lowest BCUT2D eigenvalue weighted by Gasteiger charge is -2.13. The van der Waals surface area contributed by atoms with E-state index in [2.05, 4.69) is 21.2 Å². The normalized spacial score (nSPS) is 10.2. The molecule has 1 N–H and O–H groups in total. The summed E-state index contributed by atoms with van der Waals surface area (Å²) in [5, 5.41) is 24.7. The molecule has 25 heavy (non-hydrogen) atoms. The number of nitro groups is 1. The lowest BCUT2D eigenvalue weighted by Crippen LogP contribution is -2.25. The summed E-state index contributed by atoms with van der Waals surface area (Å²) in [6.45, 7) is 1.92. The first-order valence-electron chi connectivity index (χ1n) is 7.07. The number of carbonyl (C=O) groups is 2. The molecule has 0 aliphatic rings. The molecule has 0 heterocycles. The first-order chi connectivity index (χ1) is 11.8. The molecule has 0 unspecified atom stereocenters. The van der Waals surface area contributed by atoms with Gasteiger partial charge >= 0.3 is 5.69 Å². The average molecular weight is 408 g/mol. The Hall–Kier alpha value is -2.94. The van der Waals surface area contributed by atoms with Gasteiger partial charge in [0, 0.05) is 21.7 Å². The number of carboxylic acid groups (broad SMARTS) is 1. The Morgan fingerprint density at radius 3 is 2.56 bits per heavy atom. The van der Waals surface area contributed by atoms with Crippen LogP contribution in [-0.2, 0) is 0 Å². The van der Waals surface area contributed by atoms with Crippen LogP contribution in [0.5, 0.6) is 5.75 Å². The van der Waals surface area contributed by atoms with E-state index >= 15 is 0 Å². The number of amides is 1. The molecule has 0 saturated carbocycles. The maximum atomic E-state index is 12.3. The Bertz CT molecular complexity index is 853. The van der Waals surface area contributed by atoms with Gasteiger partial charge in [0.2, 0.25) is 0 Å². The van der Waals surface area contributed by atoms with Gasteiger partial charge in [0.05, 0.1) is 23.2 Å². The van der Waals surface area contributed by atoms with Crippen molar-refractivity contribution in [2.24, 2.45) is 0 Å². The number of nitro benzene ring substituents is 1. The van der Waals surface area contributed by atoms with Crippen LogP contribution in [0.4, 0.5) is 11.4 Å². The highest BCUT2D eigenvalue weighted by molar-refractivity contribution is 9.10. The molecule has 9 heteroatoms. The number of rotatable bonds is 6. The lowest BCUT2D eigenvalue weighted by molar-refractivity contribution is -0.385. The fourth-order valence-electron chi connectivity index (χ4n) is 2.07. The molecule has 1 amide bonds. The molecule has 130 valence electrons. The molecule has 0 fully saturated rings. The summed E-state index contributed by atoms with van der Waals surface area (Å²) in [6, 6.07) is 7.95. The van der Waals surface area contributed by atoms with Gasteiger partial charge in [0.15, 0.2) is 5.75 Å². The van der Waals surface area contributed by atoms with Crippen molar-refractivity contribution >= 4 is 39.2 Å². The Balaban J connectivity index is 2.35. The minimum Gasteiger partial charge on any atom is -0.545 e. The van der Waals surface area contributed by atoms with Crippen LogP contribution in [0.15, 0.2) is 40.9 Å². The second kappa shape index (κ2) is 7.75. The van der Waals surface area contributed by atoms with Crippen LogP contribution in [-0.4, -0.2) is 23.4 Å². The number of ether oxygens (including phenoxy) is 1. The molecular weight excluding hydrogens is 396 g/mol. The van der Waals surface area contributed by atoms with E-state index in [0.717, 1.165) is 6.07 Å². The minimum atomic E-state index is -1.46. The highest BCUT2D eigenvalue weighted by Crippen LogP contribution is 2.28. The van der Waals surface area contributed by atoms with Crippen LogP contribution in [0.1, 0.15) is 27.6 Å². The molecule has 0 radical (unpaired) electrons. The minimum absolute atomic E-state index is 0.0117. The zero-order valence-electron chi connectivity index (χ0n) is 12.9. The number of aromatic carboxylic acids is 1. The molecule has 0 aliphatic heterocycles. The van der Waals surface area contributed by atoms with Crippen molar-refractivity contribution in [2.45, 2.75) is 6.92 Å². The van der Waals surface area contributed by atoms with Gasteiger partial charge in [0.25, 0.3) is 5.91 Å². The van der Waals surface area contributed by atoms with Crippen LogP contribution in [0.25, 0.3) is 0 Å². The smallest absolute Gasteiger partial charge is 0.311 e. The highest BCUT2D eigenvalue weighted by Gasteiger charge is 2.19. The SMILES string of the molecule is CCOc1ccc(C(=O)Nc2ccc(Br)cc2C(=O)[O-])cc1[N+](=O)[O-]. The molecule has 2 rings (SSSR count). The lowest BCUT2D eigenvalue weighted by atomic mass is 10.1. The van der Waals surface area contributed by atoms with Crippen molar-refractivity contribution in [1.82, 2.24) is 0 Å². The van der Waals surface area contributed by atoms with Crippen molar-refractivity contribution in [3.63, 3.8) is 0 Å². The third kappa shape index (κ3) is 4.32. The number of anilines is 1. The fourth-order valence-corrected chi connectivity index (χ4v) is 2.43. The fraction of sp³-hybridized carbons (Fsp3) is 0.125. The van der Waals surface area contributed by atoms with Gasteiger partial charge in [-0.25, -0.2) is 0 Å². The van der Waals surface area contributed by atoms with Crippen LogP contribution in [0.3, 0.4) is 0 Å². The van der Waals surface area contributed by atoms with E-state index in [-0.39, 0.29) is 34.9 Å². The standard InChI is InChI=1S/C16H13BrN2O6/c1-2-25-14-6-3-9(7-13(14)19(23)24)15(20)18-12-5-4-10(17)8-11(12)16(21)22/h3-8H,2H2,1H3,(H,18,20)(H,21,22)/p-1. The van der Waals surface area contributed by atoms with Crippen LogP contribution in [0.2, 0.25) is 0 Å². The van der Waals surface area contributed by atoms with Crippen molar-refractivity contribution in [1.29, 1.82) is 0 Å². The number of halogens is 1. The molecular formula is C16H12BrN2O6-. The Labute approximate surface area is 150 Å². The summed E-state index contributed by atoms with van der Waals surface area (Å²) in [7, 11) is 0. The van der Waals surface area contributed by atoms with Crippen LogP contribution in [0, 0.1) is 10.1 Å². The molecule has 0 spiro atoms. The Morgan fingerprint density at radius 1 is 1.24 bits per heavy atom. The molecule has 0 saturated heterocycles. The van der Waals surface area contributed by atoms with Gasteiger partial charge in [-0.1, -0.05) is 15.9 Å². The first kappa shape index (κ1) is 18.4. The molecule has 0 bridgehead atoms. The summed E-state index contributed by atoms with van der Waals surface area (Å²) in [6.07, 6.45) is 0.